The maximum Gasteiger partial charge on any atom is 0.413 e. The summed E-state index contributed by atoms with van der Waals surface area (Å²) in [7, 11) is 0. The summed E-state index contributed by atoms with van der Waals surface area (Å²) in [4.78, 5) is 79.4. The Hall–Kier alpha value is -7.33. The van der Waals surface area contributed by atoms with E-state index in [1.807, 2.05) is 97.1 Å². The summed E-state index contributed by atoms with van der Waals surface area (Å²) in [6.07, 6.45) is -2.59. The lowest BCUT2D eigenvalue weighted by molar-refractivity contribution is -0.128. The van der Waals surface area contributed by atoms with Crippen LogP contribution in [-0.4, -0.2) is 77.6 Å². The lowest BCUT2D eigenvalue weighted by Gasteiger charge is -2.36. The van der Waals surface area contributed by atoms with Crippen molar-refractivity contribution >= 4 is 53.5 Å². The maximum atomic E-state index is 14.1. The first-order chi connectivity index (χ1) is 32.3. The fourth-order valence-corrected chi connectivity index (χ4v) is 8.54. The van der Waals surface area contributed by atoms with Gasteiger partial charge in [-0.05, 0) is 94.5 Å². The van der Waals surface area contributed by atoms with Gasteiger partial charge in [-0.15, -0.1) is 11.8 Å². The molecular formula is C52H60N6O9S. The van der Waals surface area contributed by atoms with Gasteiger partial charge in [0.15, 0.2) is 0 Å². The number of thioether (sulfide) groups is 1. The van der Waals surface area contributed by atoms with Crippen LogP contribution in [0.25, 0.3) is 0 Å². The standard InChI is InChI=1S/C52H60N6O9S/c1-50(2,3)66-47(62)54-32-31-41(45(60)56-43(44(53)59)34-68-52(36-19-11-7-12-20-36,37-21-13-8-14-22-37)38-23-15-9-16-24-38)57-48(63)65-40-29-27-35(28-30-40)33-42(58-49(64)67-51(4,5)6)46(61)55-39-25-17-10-18-26-39/h7-30,41-43H,31-34H2,1-6H3,(H2,53,59)(H,54,62)(H,55,61)(H,56,60)(H,57,63)(H,58,64). The molecule has 358 valence electrons. The Balaban J connectivity index is 1.32. The highest BCUT2D eigenvalue weighted by Crippen LogP contribution is 2.48. The Labute approximate surface area is 401 Å². The van der Waals surface area contributed by atoms with Gasteiger partial charge in [0, 0.05) is 24.4 Å². The molecule has 0 aliphatic carbocycles. The number of nitrogens with one attached hydrogen (secondary N) is 5. The fraction of sp³-hybridized carbons (Fsp3) is 0.308. The molecule has 3 unspecified atom stereocenters. The first kappa shape index (κ1) is 51.7. The second-order valence-corrected chi connectivity index (χ2v) is 19.0. The molecule has 0 bridgehead atoms. The van der Waals surface area contributed by atoms with Crippen molar-refractivity contribution < 1.29 is 43.0 Å². The van der Waals surface area contributed by atoms with E-state index in [9.17, 15) is 28.8 Å². The summed E-state index contributed by atoms with van der Waals surface area (Å²) in [6.45, 7) is 10.2. The molecule has 0 aliphatic rings. The topological polar surface area (TPSA) is 216 Å². The molecule has 16 heteroatoms. The third-order valence-electron chi connectivity index (χ3n) is 10.00. The van der Waals surface area contributed by atoms with E-state index in [1.54, 1.807) is 77.9 Å². The number of carbonyl (C=O) groups excluding carboxylic acids is 6. The van der Waals surface area contributed by atoms with Crippen LogP contribution in [0.4, 0.5) is 20.1 Å². The number of hydrogen-bond acceptors (Lipinski definition) is 10. The predicted octanol–water partition coefficient (Wildman–Crippen LogP) is 7.83. The number of amides is 6. The van der Waals surface area contributed by atoms with Crippen LogP contribution in [0, 0.1) is 0 Å². The van der Waals surface area contributed by atoms with Crippen LogP contribution in [0.5, 0.6) is 5.75 Å². The Morgan fingerprint density at radius 2 is 1.01 bits per heavy atom. The van der Waals surface area contributed by atoms with Crippen molar-refractivity contribution in [2.75, 3.05) is 17.6 Å². The number of alkyl carbamates (subject to hydrolysis) is 2. The van der Waals surface area contributed by atoms with Crippen LogP contribution in [0.3, 0.4) is 0 Å². The van der Waals surface area contributed by atoms with Gasteiger partial charge in [-0.3, -0.25) is 14.4 Å². The Morgan fingerprint density at radius 1 is 0.544 bits per heavy atom. The molecule has 0 spiro atoms. The van der Waals surface area contributed by atoms with Gasteiger partial charge in [0.2, 0.25) is 17.7 Å². The van der Waals surface area contributed by atoms with Gasteiger partial charge in [-0.2, -0.15) is 0 Å². The lowest BCUT2D eigenvalue weighted by Crippen LogP contribution is -2.55. The van der Waals surface area contributed by atoms with E-state index in [1.165, 1.54) is 23.9 Å². The van der Waals surface area contributed by atoms with Crippen molar-refractivity contribution in [3.8, 4) is 5.75 Å². The quantitative estimate of drug-likeness (QED) is 0.0441. The van der Waals surface area contributed by atoms with Crippen LogP contribution in [0.15, 0.2) is 146 Å². The van der Waals surface area contributed by atoms with Crippen LogP contribution < -0.4 is 37.1 Å². The molecule has 0 saturated heterocycles. The van der Waals surface area contributed by atoms with Gasteiger partial charge in [0.1, 0.15) is 35.1 Å². The molecule has 15 nitrogen and oxygen atoms in total. The Bertz CT molecular complexity index is 2350. The number of para-hydroxylation sites is 1. The van der Waals surface area contributed by atoms with Crippen molar-refractivity contribution in [1.29, 1.82) is 0 Å². The van der Waals surface area contributed by atoms with Crippen molar-refractivity contribution in [2.24, 2.45) is 5.73 Å². The first-order valence-electron chi connectivity index (χ1n) is 22.1. The van der Waals surface area contributed by atoms with E-state index in [4.69, 9.17) is 19.9 Å². The zero-order valence-corrected chi connectivity index (χ0v) is 39.9. The van der Waals surface area contributed by atoms with E-state index in [2.05, 4.69) is 26.6 Å². The monoisotopic (exact) mass is 944 g/mol. The predicted molar refractivity (Wildman–Crippen MR) is 263 cm³/mol. The maximum absolute atomic E-state index is 14.1. The van der Waals surface area contributed by atoms with Crippen molar-refractivity contribution in [3.05, 3.63) is 168 Å². The molecule has 5 rings (SSSR count). The number of carbonyl (C=O) groups is 6. The van der Waals surface area contributed by atoms with Crippen molar-refractivity contribution in [2.45, 2.75) is 88.5 Å². The summed E-state index contributed by atoms with van der Waals surface area (Å²) >= 11 is 1.42. The summed E-state index contributed by atoms with van der Waals surface area (Å²) in [5.41, 5.74) is 8.34. The van der Waals surface area contributed by atoms with Gasteiger partial charge in [0.25, 0.3) is 0 Å². The second-order valence-electron chi connectivity index (χ2n) is 17.8. The molecule has 68 heavy (non-hydrogen) atoms. The highest BCUT2D eigenvalue weighted by atomic mass is 32.2. The Kier molecular flexibility index (Phi) is 18.2. The smallest absolute Gasteiger partial charge is 0.413 e. The molecule has 0 fully saturated rings. The van der Waals surface area contributed by atoms with E-state index in [-0.39, 0.29) is 30.9 Å². The fourth-order valence-electron chi connectivity index (χ4n) is 6.96. The van der Waals surface area contributed by atoms with Gasteiger partial charge < -0.3 is 46.5 Å². The van der Waals surface area contributed by atoms with Gasteiger partial charge >= 0.3 is 18.3 Å². The van der Waals surface area contributed by atoms with E-state index in [0.29, 0.717) is 11.3 Å². The highest BCUT2D eigenvalue weighted by Gasteiger charge is 2.39. The molecular weight excluding hydrogens is 885 g/mol. The molecule has 0 aromatic heterocycles. The Morgan fingerprint density at radius 3 is 1.50 bits per heavy atom. The van der Waals surface area contributed by atoms with E-state index in [0.717, 1.165) is 16.7 Å². The molecule has 7 N–H and O–H groups in total. The zero-order chi connectivity index (χ0) is 49.3. The second kappa shape index (κ2) is 23.9. The highest BCUT2D eigenvalue weighted by molar-refractivity contribution is 8.00. The third-order valence-corrected chi connectivity index (χ3v) is 11.6. The summed E-state index contributed by atoms with van der Waals surface area (Å²) in [5.74, 6) is -1.92. The molecule has 0 heterocycles. The molecule has 0 radical (unpaired) electrons. The van der Waals surface area contributed by atoms with Crippen molar-refractivity contribution in [1.82, 2.24) is 21.3 Å². The normalized spacial score (nSPS) is 12.8. The number of anilines is 1. The SMILES string of the molecule is CC(C)(C)OC(=O)NCCC(NC(=O)Oc1ccc(CC(NC(=O)OC(C)(C)C)C(=O)Nc2ccccc2)cc1)C(=O)NC(CSC(c1ccccc1)(c1ccccc1)c1ccccc1)C(N)=O. The number of ether oxygens (including phenoxy) is 3. The average molecular weight is 945 g/mol. The largest absolute Gasteiger partial charge is 0.444 e. The molecule has 5 aromatic rings. The molecule has 5 aromatic carbocycles. The average Bonchev–Trinajstić information content (AvgIpc) is 3.29. The van der Waals surface area contributed by atoms with Gasteiger partial charge in [-0.1, -0.05) is 121 Å². The number of primary amides is 1. The minimum atomic E-state index is -1.33. The minimum Gasteiger partial charge on any atom is -0.444 e. The number of nitrogens with two attached hydrogens (primary N) is 1. The molecule has 0 aliphatic heterocycles. The molecule has 3 atom stereocenters. The molecule has 0 saturated carbocycles. The van der Waals surface area contributed by atoms with Gasteiger partial charge in [-0.25, -0.2) is 14.4 Å². The molecule has 6 amide bonds. The van der Waals surface area contributed by atoms with Crippen LogP contribution in [0.1, 0.15) is 70.2 Å². The van der Waals surface area contributed by atoms with E-state index >= 15 is 0 Å². The van der Waals surface area contributed by atoms with Crippen LogP contribution in [-0.2, 0) is 35.0 Å². The third kappa shape index (κ3) is 15.9. The minimum absolute atomic E-state index is 0.0293. The number of hydrogen-bond donors (Lipinski definition) is 6. The first-order valence-corrected chi connectivity index (χ1v) is 23.1. The van der Waals surface area contributed by atoms with Crippen molar-refractivity contribution in [3.63, 3.8) is 0 Å². The number of rotatable bonds is 19. The summed E-state index contributed by atoms with van der Waals surface area (Å²) in [6, 6.07) is 40.9. The van der Waals surface area contributed by atoms with Crippen LogP contribution >= 0.6 is 11.8 Å². The van der Waals surface area contributed by atoms with Crippen LogP contribution in [0.2, 0.25) is 0 Å². The zero-order valence-electron chi connectivity index (χ0n) is 39.1. The summed E-state index contributed by atoms with van der Waals surface area (Å²) in [5, 5.41) is 13.4. The van der Waals surface area contributed by atoms with E-state index < -0.39 is 70.1 Å². The van der Waals surface area contributed by atoms with Gasteiger partial charge in [0.05, 0.1) is 4.75 Å². The number of benzene rings is 5. The summed E-state index contributed by atoms with van der Waals surface area (Å²) < 4.78 is 15.5. The lowest BCUT2D eigenvalue weighted by atomic mass is 9.84.